The fourth-order valence-electron chi connectivity index (χ4n) is 1.84. The molecule has 3 N–H and O–H groups in total. The Bertz CT molecular complexity index is 280. The molecule has 0 aliphatic carbocycles. The lowest BCUT2D eigenvalue weighted by Gasteiger charge is -2.43. The van der Waals surface area contributed by atoms with Crippen molar-refractivity contribution < 1.29 is 0 Å². The van der Waals surface area contributed by atoms with Crippen molar-refractivity contribution in [3.8, 4) is 0 Å². The molecule has 2 heteroatoms. The zero-order chi connectivity index (χ0) is 9.31. The second kappa shape index (κ2) is 3.13. The maximum absolute atomic E-state index is 5.78. The Morgan fingerprint density at radius 1 is 1.38 bits per heavy atom. The molecule has 1 unspecified atom stereocenters. The first-order chi connectivity index (χ1) is 6.27. The molecule has 0 amide bonds. The van der Waals surface area contributed by atoms with Crippen LogP contribution in [-0.2, 0) is 5.54 Å². The van der Waals surface area contributed by atoms with Crippen molar-refractivity contribution in [3.05, 3.63) is 35.4 Å². The van der Waals surface area contributed by atoms with Crippen molar-refractivity contribution in [1.82, 2.24) is 5.32 Å². The van der Waals surface area contributed by atoms with Crippen LogP contribution in [-0.4, -0.2) is 13.1 Å². The molecular weight excluding hydrogens is 160 g/mol. The number of nitrogens with two attached hydrogens (primary N) is 1. The van der Waals surface area contributed by atoms with Crippen LogP contribution in [0.25, 0.3) is 0 Å². The third-order valence-electron chi connectivity index (χ3n) is 2.97. The van der Waals surface area contributed by atoms with Crippen LogP contribution in [0.15, 0.2) is 24.3 Å². The molecule has 1 atom stereocenters. The highest BCUT2D eigenvalue weighted by atomic mass is 15.1. The Morgan fingerprint density at radius 2 is 2.00 bits per heavy atom. The Morgan fingerprint density at radius 3 is 2.38 bits per heavy atom. The Labute approximate surface area is 79.1 Å². The fraction of sp³-hybridized carbons (Fsp3) is 0.455. The molecule has 1 saturated heterocycles. The van der Waals surface area contributed by atoms with Crippen molar-refractivity contribution in [2.75, 3.05) is 13.1 Å². The van der Waals surface area contributed by atoms with E-state index in [0.717, 1.165) is 13.0 Å². The minimum Gasteiger partial charge on any atom is -0.328 e. The Balaban J connectivity index is 2.28. The molecule has 1 heterocycles. The van der Waals surface area contributed by atoms with Crippen LogP contribution in [0.3, 0.4) is 0 Å². The summed E-state index contributed by atoms with van der Waals surface area (Å²) in [5.41, 5.74) is 8.48. The van der Waals surface area contributed by atoms with Crippen molar-refractivity contribution >= 4 is 0 Å². The van der Waals surface area contributed by atoms with Crippen LogP contribution in [0, 0.1) is 6.92 Å². The van der Waals surface area contributed by atoms with Gasteiger partial charge in [0.15, 0.2) is 0 Å². The van der Waals surface area contributed by atoms with Gasteiger partial charge in [-0.1, -0.05) is 29.8 Å². The zero-order valence-corrected chi connectivity index (χ0v) is 8.01. The predicted molar refractivity (Wildman–Crippen MR) is 54.5 cm³/mol. The largest absolute Gasteiger partial charge is 0.328 e. The Hall–Kier alpha value is -0.860. The highest BCUT2D eigenvalue weighted by molar-refractivity contribution is 5.30. The lowest BCUT2D eigenvalue weighted by molar-refractivity contribution is 0.219. The number of aryl methyl sites for hydroxylation is 1. The summed E-state index contributed by atoms with van der Waals surface area (Å²) in [7, 11) is 0. The summed E-state index contributed by atoms with van der Waals surface area (Å²) < 4.78 is 0. The summed E-state index contributed by atoms with van der Waals surface area (Å²) in [6.45, 7) is 3.88. The molecule has 0 aromatic heterocycles. The maximum atomic E-state index is 5.78. The van der Waals surface area contributed by atoms with Crippen LogP contribution < -0.4 is 11.1 Å². The minimum absolute atomic E-state index is 0.0771. The van der Waals surface area contributed by atoms with Crippen LogP contribution in [0.4, 0.5) is 0 Å². The van der Waals surface area contributed by atoms with Gasteiger partial charge in [0.05, 0.1) is 5.54 Å². The zero-order valence-electron chi connectivity index (χ0n) is 8.01. The highest BCUT2D eigenvalue weighted by Crippen LogP contribution is 2.29. The molecule has 2 nitrogen and oxygen atoms in total. The maximum Gasteiger partial charge on any atom is 0.0570 e. The topological polar surface area (TPSA) is 38.0 Å². The lowest BCUT2D eigenvalue weighted by Crippen LogP contribution is -2.58. The fourth-order valence-corrected chi connectivity index (χ4v) is 1.84. The molecule has 2 rings (SSSR count). The number of benzene rings is 1. The smallest absolute Gasteiger partial charge is 0.0570 e. The molecule has 0 radical (unpaired) electrons. The monoisotopic (exact) mass is 176 g/mol. The van der Waals surface area contributed by atoms with Gasteiger partial charge in [0.2, 0.25) is 0 Å². The third kappa shape index (κ3) is 1.36. The minimum atomic E-state index is 0.0771. The molecule has 1 aromatic rings. The summed E-state index contributed by atoms with van der Waals surface area (Å²) in [6.07, 6.45) is 1.16. The van der Waals surface area contributed by atoms with Crippen LogP contribution >= 0.6 is 0 Å². The molecule has 1 fully saturated rings. The summed E-state index contributed by atoms with van der Waals surface area (Å²) in [6, 6.07) is 8.64. The summed E-state index contributed by atoms with van der Waals surface area (Å²) >= 11 is 0. The number of hydrogen-bond acceptors (Lipinski definition) is 2. The molecule has 1 aliphatic heterocycles. The molecule has 70 valence electrons. The van der Waals surface area contributed by atoms with Gasteiger partial charge < -0.3 is 11.1 Å². The average Bonchev–Trinajstić information content (AvgIpc) is 2.07. The van der Waals surface area contributed by atoms with E-state index in [9.17, 15) is 0 Å². The van der Waals surface area contributed by atoms with Gasteiger partial charge in [0.1, 0.15) is 0 Å². The van der Waals surface area contributed by atoms with Gasteiger partial charge in [-0.25, -0.2) is 0 Å². The van der Waals surface area contributed by atoms with Gasteiger partial charge in [-0.05, 0) is 25.5 Å². The molecule has 0 saturated carbocycles. The van der Waals surface area contributed by atoms with E-state index in [0.29, 0.717) is 6.54 Å². The van der Waals surface area contributed by atoms with Gasteiger partial charge >= 0.3 is 0 Å². The number of hydrogen-bond donors (Lipinski definition) is 2. The predicted octanol–water partition coefficient (Wildman–Crippen LogP) is 1.14. The van der Waals surface area contributed by atoms with Gasteiger partial charge in [-0.2, -0.15) is 0 Å². The van der Waals surface area contributed by atoms with E-state index in [4.69, 9.17) is 5.73 Å². The summed E-state index contributed by atoms with van der Waals surface area (Å²) in [5, 5.41) is 3.42. The van der Waals surface area contributed by atoms with Crippen molar-refractivity contribution in [1.29, 1.82) is 0 Å². The van der Waals surface area contributed by atoms with E-state index in [-0.39, 0.29) is 5.54 Å². The van der Waals surface area contributed by atoms with Crippen molar-refractivity contribution in [2.24, 2.45) is 5.73 Å². The summed E-state index contributed by atoms with van der Waals surface area (Å²) in [4.78, 5) is 0. The number of rotatable bonds is 2. The van der Waals surface area contributed by atoms with Crippen LogP contribution in [0.1, 0.15) is 17.5 Å². The van der Waals surface area contributed by atoms with Crippen molar-refractivity contribution in [3.63, 3.8) is 0 Å². The second-order valence-corrected chi connectivity index (χ2v) is 3.83. The van der Waals surface area contributed by atoms with Gasteiger partial charge in [0.25, 0.3) is 0 Å². The first-order valence-corrected chi connectivity index (χ1v) is 4.79. The normalized spacial score (nSPS) is 26.9. The Kier molecular flexibility index (Phi) is 2.10. The quantitative estimate of drug-likeness (QED) is 0.709. The molecular formula is C11H16N2. The van der Waals surface area contributed by atoms with E-state index < -0.39 is 0 Å². The molecule has 1 aromatic carbocycles. The highest BCUT2D eigenvalue weighted by Gasteiger charge is 2.36. The summed E-state index contributed by atoms with van der Waals surface area (Å²) in [5.74, 6) is 0. The molecule has 13 heavy (non-hydrogen) atoms. The van der Waals surface area contributed by atoms with Gasteiger partial charge in [-0.3, -0.25) is 0 Å². The van der Waals surface area contributed by atoms with Gasteiger partial charge in [0, 0.05) is 6.54 Å². The first-order valence-electron chi connectivity index (χ1n) is 4.79. The molecule has 1 aliphatic rings. The van der Waals surface area contributed by atoms with Crippen LogP contribution in [0.5, 0.6) is 0 Å². The SMILES string of the molecule is Cc1ccc(C2(CN)CCN2)cc1. The van der Waals surface area contributed by atoms with E-state index >= 15 is 0 Å². The lowest BCUT2D eigenvalue weighted by atomic mass is 9.81. The second-order valence-electron chi connectivity index (χ2n) is 3.83. The average molecular weight is 176 g/mol. The van der Waals surface area contributed by atoms with Gasteiger partial charge in [-0.15, -0.1) is 0 Å². The van der Waals surface area contributed by atoms with E-state index in [1.165, 1.54) is 11.1 Å². The first kappa shape index (κ1) is 8.73. The number of nitrogens with one attached hydrogen (secondary N) is 1. The third-order valence-corrected chi connectivity index (χ3v) is 2.97. The van der Waals surface area contributed by atoms with E-state index in [2.05, 4.69) is 36.5 Å². The standard InChI is InChI=1S/C11H16N2/c1-9-2-4-10(5-3-9)11(8-12)6-7-13-11/h2-5,13H,6-8,12H2,1H3. The molecule has 0 spiro atoms. The van der Waals surface area contributed by atoms with Crippen molar-refractivity contribution in [2.45, 2.75) is 18.9 Å². The van der Waals surface area contributed by atoms with E-state index in [1.807, 2.05) is 0 Å². The molecule has 0 bridgehead atoms. The van der Waals surface area contributed by atoms with E-state index in [1.54, 1.807) is 0 Å². The van der Waals surface area contributed by atoms with Crippen LogP contribution in [0.2, 0.25) is 0 Å².